The van der Waals surface area contributed by atoms with Crippen molar-refractivity contribution in [3.8, 4) is 0 Å². The summed E-state index contributed by atoms with van der Waals surface area (Å²) in [6.45, 7) is 1.85. The molecule has 0 amide bonds. The number of nitrogens with zero attached hydrogens (tertiary/aromatic N) is 2. The van der Waals surface area contributed by atoms with Crippen molar-refractivity contribution in [1.29, 1.82) is 0 Å². The summed E-state index contributed by atoms with van der Waals surface area (Å²) in [5.74, 6) is 0. The van der Waals surface area contributed by atoms with Crippen LogP contribution in [0.4, 0.5) is 0 Å². The first-order valence-corrected chi connectivity index (χ1v) is 1.71. The van der Waals surface area contributed by atoms with E-state index in [1.807, 2.05) is 6.92 Å². The fourth-order valence-electron chi connectivity index (χ4n) is 0.267. The van der Waals surface area contributed by atoms with Gasteiger partial charge in [-0.3, -0.25) is 0 Å². The molecule has 0 aromatic rings. The van der Waals surface area contributed by atoms with Gasteiger partial charge in [-0.25, -0.2) is 10.3 Å². The maximum absolute atomic E-state index is 3.75. The average molecular weight is 80.1 g/mol. The molecule has 30 valence electrons. The molecule has 1 heterocycles. The van der Waals surface area contributed by atoms with Crippen molar-refractivity contribution in [2.24, 2.45) is 4.99 Å². The van der Waals surface area contributed by atoms with E-state index < -0.39 is 0 Å². The Kier molecular flexibility index (Phi) is 0.638. The second-order valence-corrected chi connectivity index (χ2v) is 1.07. The van der Waals surface area contributed by atoms with Gasteiger partial charge in [-0.05, 0) is 6.92 Å². The third-order valence-electron chi connectivity index (χ3n) is 0.535. The van der Waals surface area contributed by atoms with Crippen molar-refractivity contribution < 1.29 is 0 Å². The SMILES string of the molecule is CC1=[C][N]C=N1. The van der Waals surface area contributed by atoms with Crippen molar-refractivity contribution in [1.82, 2.24) is 5.32 Å². The lowest BCUT2D eigenvalue weighted by Crippen LogP contribution is -1.81. The molecule has 1 rings (SSSR count). The summed E-state index contributed by atoms with van der Waals surface area (Å²) in [7, 11) is 0. The van der Waals surface area contributed by atoms with Crippen LogP contribution in [-0.2, 0) is 0 Å². The van der Waals surface area contributed by atoms with Gasteiger partial charge in [0.2, 0.25) is 0 Å². The maximum atomic E-state index is 3.75. The summed E-state index contributed by atoms with van der Waals surface area (Å²) in [6.07, 6.45) is 4.12. The lowest BCUT2D eigenvalue weighted by molar-refractivity contribution is 1.24. The average Bonchev–Trinajstić information content (AvgIpc) is 1.86. The topological polar surface area (TPSA) is 26.5 Å². The molecular formula is C4H4N2. The Balaban J connectivity index is 2.68. The predicted molar refractivity (Wildman–Crippen MR) is 23.1 cm³/mol. The van der Waals surface area contributed by atoms with E-state index in [0.717, 1.165) is 5.70 Å². The molecule has 2 radical (unpaired) electrons. The highest BCUT2D eigenvalue weighted by Crippen LogP contribution is 1.92. The van der Waals surface area contributed by atoms with Crippen LogP contribution in [0.5, 0.6) is 0 Å². The summed E-state index contributed by atoms with van der Waals surface area (Å²) < 4.78 is 0. The Labute approximate surface area is 36.6 Å². The highest BCUT2D eigenvalue weighted by molar-refractivity contribution is 5.59. The van der Waals surface area contributed by atoms with Crippen LogP contribution in [0.2, 0.25) is 0 Å². The van der Waals surface area contributed by atoms with E-state index in [-0.39, 0.29) is 0 Å². The molecule has 0 saturated heterocycles. The molecule has 2 heteroatoms. The van der Waals surface area contributed by atoms with Gasteiger partial charge in [-0.15, -0.1) is 0 Å². The van der Waals surface area contributed by atoms with Crippen LogP contribution in [0.15, 0.2) is 10.7 Å². The zero-order valence-electron chi connectivity index (χ0n) is 3.47. The lowest BCUT2D eigenvalue weighted by Gasteiger charge is -1.68. The lowest BCUT2D eigenvalue weighted by atomic mass is 10.6. The maximum Gasteiger partial charge on any atom is 0.116 e. The molecule has 1 aliphatic heterocycles. The summed E-state index contributed by atoms with van der Waals surface area (Å²) in [5.41, 5.74) is 0.856. The zero-order chi connectivity index (χ0) is 4.41. The molecule has 0 aromatic carbocycles. The van der Waals surface area contributed by atoms with Crippen LogP contribution in [0.3, 0.4) is 0 Å². The van der Waals surface area contributed by atoms with E-state index in [9.17, 15) is 0 Å². The second-order valence-electron chi connectivity index (χ2n) is 1.07. The number of allylic oxidation sites excluding steroid dienone is 1. The summed E-state index contributed by atoms with van der Waals surface area (Å²) in [4.78, 5) is 3.75. The standard InChI is InChI=1S/C4H4N2/c1-4-2-5-3-6-4/h3H,1H3. The van der Waals surface area contributed by atoms with Gasteiger partial charge in [-0.2, -0.15) is 0 Å². The molecule has 0 aromatic heterocycles. The molecule has 0 N–H and O–H groups in total. The van der Waals surface area contributed by atoms with E-state index in [0.29, 0.717) is 0 Å². The van der Waals surface area contributed by atoms with Crippen LogP contribution in [0.1, 0.15) is 6.92 Å². The van der Waals surface area contributed by atoms with E-state index in [4.69, 9.17) is 0 Å². The molecular weight excluding hydrogens is 76.1 g/mol. The van der Waals surface area contributed by atoms with Crippen LogP contribution in [0.25, 0.3) is 0 Å². The molecule has 1 aliphatic rings. The van der Waals surface area contributed by atoms with Gasteiger partial charge in [0.05, 0.1) is 5.70 Å². The van der Waals surface area contributed by atoms with Crippen LogP contribution in [0, 0.1) is 6.20 Å². The Morgan fingerprint density at radius 2 is 2.67 bits per heavy atom. The molecule has 0 unspecified atom stereocenters. The number of hydrogen-bond donors (Lipinski definition) is 0. The quantitative estimate of drug-likeness (QED) is 0.400. The molecule has 0 bridgehead atoms. The molecule has 2 nitrogen and oxygen atoms in total. The molecule has 0 atom stereocenters. The fourth-order valence-corrected chi connectivity index (χ4v) is 0.267. The Bertz CT molecular complexity index is 99.4. The van der Waals surface area contributed by atoms with Crippen molar-refractivity contribution in [2.75, 3.05) is 0 Å². The largest absolute Gasteiger partial charge is 0.239 e. The molecule has 6 heavy (non-hydrogen) atoms. The number of aliphatic imine (C=N–C) groups is 1. The van der Waals surface area contributed by atoms with Crippen LogP contribution >= 0.6 is 0 Å². The summed E-state index contributed by atoms with van der Waals surface area (Å²) >= 11 is 0. The van der Waals surface area contributed by atoms with E-state index in [1.165, 1.54) is 6.34 Å². The van der Waals surface area contributed by atoms with Gasteiger partial charge in [0.1, 0.15) is 12.5 Å². The first-order valence-electron chi connectivity index (χ1n) is 1.71. The van der Waals surface area contributed by atoms with Gasteiger partial charge >= 0.3 is 0 Å². The van der Waals surface area contributed by atoms with Gasteiger partial charge in [0.25, 0.3) is 0 Å². The Morgan fingerprint density at radius 1 is 1.83 bits per heavy atom. The van der Waals surface area contributed by atoms with Gasteiger partial charge in [-0.1, -0.05) is 0 Å². The molecule has 0 aliphatic carbocycles. The Morgan fingerprint density at radius 3 is 2.83 bits per heavy atom. The summed E-state index contributed by atoms with van der Waals surface area (Å²) in [6, 6.07) is 0. The minimum Gasteiger partial charge on any atom is -0.239 e. The highest BCUT2D eigenvalue weighted by Gasteiger charge is 1.87. The fraction of sp³-hybridized carbons (Fsp3) is 0.250. The van der Waals surface area contributed by atoms with Crippen molar-refractivity contribution in [3.05, 3.63) is 11.9 Å². The normalized spacial score (nSPS) is 17.2. The predicted octanol–water partition coefficient (Wildman–Crippen LogP) is 0.297. The smallest absolute Gasteiger partial charge is 0.116 e. The van der Waals surface area contributed by atoms with E-state index in [1.54, 1.807) is 0 Å². The van der Waals surface area contributed by atoms with E-state index in [2.05, 4.69) is 16.5 Å². The second kappa shape index (κ2) is 1.12. The molecule has 0 spiro atoms. The highest BCUT2D eigenvalue weighted by atomic mass is 15.0. The van der Waals surface area contributed by atoms with Crippen molar-refractivity contribution in [2.45, 2.75) is 6.92 Å². The molecule has 0 saturated carbocycles. The Hall–Kier alpha value is -0.790. The molecule has 0 fully saturated rings. The van der Waals surface area contributed by atoms with Crippen LogP contribution < -0.4 is 5.32 Å². The van der Waals surface area contributed by atoms with Gasteiger partial charge < -0.3 is 0 Å². The minimum absolute atomic E-state index is 0.856. The number of rotatable bonds is 0. The van der Waals surface area contributed by atoms with Gasteiger partial charge in [0.15, 0.2) is 0 Å². The number of hydrogen-bond acceptors (Lipinski definition) is 1. The van der Waals surface area contributed by atoms with Crippen LogP contribution in [-0.4, -0.2) is 6.34 Å². The third kappa shape index (κ3) is 0.407. The first kappa shape index (κ1) is 3.40. The van der Waals surface area contributed by atoms with Crippen molar-refractivity contribution >= 4 is 6.34 Å². The minimum atomic E-state index is 0.856. The van der Waals surface area contributed by atoms with Crippen molar-refractivity contribution in [3.63, 3.8) is 0 Å². The zero-order valence-corrected chi connectivity index (χ0v) is 3.47. The van der Waals surface area contributed by atoms with Gasteiger partial charge in [0, 0.05) is 0 Å². The summed E-state index contributed by atoms with van der Waals surface area (Å²) in [5, 5.41) is 3.59. The first-order chi connectivity index (χ1) is 2.89. The monoisotopic (exact) mass is 80.0 g/mol. The van der Waals surface area contributed by atoms with E-state index >= 15 is 0 Å². The third-order valence-corrected chi connectivity index (χ3v) is 0.535.